The van der Waals surface area contributed by atoms with Crippen LogP contribution >= 0.6 is 0 Å². The molecule has 1 aromatic heterocycles. The number of rotatable bonds is 5. The molecule has 2 N–H and O–H groups in total. The Kier molecular flexibility index (Phi) is 4.94. The molecule has 3 heteroatoms. The molecule has 0 aliphatic carbocycles. The fourth-order valence-electron chi connectivity index (χ4n) is 1.38. The van der Waals surface area contributed by atoms with Gasteiger partial charge in [-0.1, -0.05) is 27.7 Å². The molecule has 0 radical (unpaired) electrons. The summed E-state index contributed by atoms with van der Waals surface area (Å²) in [7, 11) is 0. The average molecular weight is 236 g/mol. The van der Waals surface area contributed by atoms with Crippen LogP contribution in [0, 0.1) is 5.41 Å². The number of nitrogens with zero attached hydrogens (tertiary/aromatic N) is 1. The van der Waals surface area contributed by atoms with E-state index in [1.165, 1.54) is 0 Å². The molecular formula is C14H24N2O. The molecule has 0 saturated carbocycles. The van der Waals surface area contributed by atoms with E-state index in [4.69, 9.17) is 10.5 Å². The van der Waals surface area contributed by atoms with E-state index in [-0.39, 0.29) is 6.04 Å². The monoisotopic (exact) mass is 236 g/mol. The predicted molar refractivity (Wildman–Crippen MR) is 71.0 cm³/mol. The molecule has 1 unspecified atom stereocenters. The van der Waals surface area contributed by atoms with Crippen molar-refractivity contribution >= 4 is 0 Å². The van der Waals surface area contributed by atoms with Gasteiger partial charge in [0.1, 0.15) is 5.75 Å². The van der Waals surface area contributed by atoms with E-state index < -0.39 is 0 Å². The summed E-state index contributed by atoms with van der Waals surface area (Å²) in [5.41, 5.74) is 7.13. The Bertz CT molecular complexity index is 327. The summed E-state index contributed by atoms with van der Waals surface area (Å²) in [4.78, 5) is 4.31. The second-order valence-corrected chi connectivity index (χ2v) is 5.59. The zero-order chi connectivity index (χ0) is 12.9. The van der Waals surface area contributed by atoms with E-state index in [1.54, 1.807) is 6.20 Å². The van der Waals surface area contributed by atoms with Gasteiger partial charge in [0.15, 0.2) is 0 Å². The molecule has 0 bridgehead atoms. The lowest BCUT2D eigenvalue weighted by atomic mass is 9.93. The number of pyridine rings is 1. The molecule has 1 heterocycles. The van der Waals surface area contributed by atoms with Crippen LogP contribution in [-0.4, -0.2) is 11.6 Å². The largest absolute Gasteiger partial charge is 0.492 e. The zero-order valence-corrected chi connectivity index (χ0v) is 11.4. The first-order chi connectivity index (χ1) is 7.92. The van der Waals surface area contributed by atoms with E-state index >= 15 is 0 Å². The Hall–Kier alpha value is -1.09. The molecule has 17 heavy (non-hydrogen) atoms. The van der Waals surface area contributed by atoms with Gasteiger partial charge in [-0.2, -0.15) is 0 Å². The van der Waals surface area contributed by atoms with Crippen LogP contribution in [0.4, 0.5) is 0 Å². The van der Waals surface area contributed by atoms with Gasteiger partial charge in [0.25, 0.3) is 0 Å². The Morgan fingerprint density at radius 2 is 2.06 bits per heavy atom. The second-order valence-electron chi connectivity index (χ2n) is 5.59. The Labute approximate surface area is 104 Å². The molecular weight excluding hydrogens is 212 g/mol. The molecule has 1 rings (SSSR count). The van der Waals surface area contributed by atoms with Gasteiger partial charge in [-0.25, -0.2) is 0 Å². The molecule has 3 nitrogen and oxygen atoms in total. The molecule has 0 aliphatic rings. The van der Waals surface area contributed by atoms with E-state index in [0.29, 0.717) is 5.41 Å². The molecule has 1 atom stereocenters. The van der Waals surface area contributed by atoms with Gasteiger partial charge in [-0.3, -0.25) is 4.98 Å². The van der Waals surface area contributed by atoms with Crippen LogP contribution in [-0.2, 0) is 0 Å². The third kappa shape index (κ3) is 5.18. The maximum absolute atomic E-state index is 5.90. The van der Waals surface area contributed by atoms with Gasteiger partial charge in [-0.05, 0) is 30.4 Å². The Balaban J connectivity index is 2.46. The third-order valence-electron chi connectivity index (χ3n) is 2.70. The fourth-order valence-corrected chi connectivity index (χ4v) is 1.38. The minimum atomic E-state index is 0.0265. The van der Waals surface area contributed by atoms with Crippen molar-refractivity contribution in [1.29, 1.82) is 0 Å². The number of hydrogen-bond acceptors (Lipinski definition) is 3. The average Bonchev–Trinajstić information content (AvgIpc) is 2.27. The summed E-state index contributed by atoms with van der Waals surface area (Å²) in [6.07, 6.45) is 3.69. The number of ether oxygens (including phenoxy) is 1. The van der Waals surface area contributed by atoms with Crippen LogP contribution in [0.15, 0.2) is 18.3 Å². The first-order valence-corrected chi connectivity index (χ1v) is 6.26. The van der Waals surface area contributed by atoms with Gasteiger partial charge in [0, 0.05) is 6.04 Å². The molecule has 0 aliphatic heterocycles. The smallest absolute Gasteiger partial charge is 0.137 e. The van der Waals surface area contributed by atoms with Crippen molar-refractivity contribution in [2.24, 2.45) is 11.1 Å². The summed E-state index contributed by atoms with van der Waals surface area (Å²) in [5.74, 6) is 0.821. The van der Waals surface area contributed by atoms with Crippen LogP contribution in [0.25, 0.3) is 0 Å². The Morgan fingerprint density at radius 3 is 2.53 bits per heavy atom. The van der Waals surface area contributed by atoms with Crippen molar-refractivity contribution < 1.29 is 4.74 Å². The summed E-state index contributed by atoms with van der Waals surface area (Å²) in [6, 6.07) is 3.92. The van der Waals surface area contributed by atoms with Crippen LogP contribution in [0.2, 0.25) is 0 Å². The minimum Gasteiger partial charge on any atom is -0.492 e. The highest BCUT2D eigenvalue weighted by atomic mass is 16.5. The van der Waals surface area contributed by atoms with E-state index in [9.17, 15) is 0 Å². The summed E-state index contributed by atoms with van der Waals surface area (Å²) in [6.45, 7) is 9.40. The van der Waals surface area contributed by atoms with Gasteiger partial charge >= 0.3 is 0 Å². The number of hydrogen-bond donors (Lipinski definition) is 1. The van der Waals surface area contributed by atoms with Crippen molar-refractivity contribution in [3.63, 3.8) is 0 Å². The highest BCUT2D eigenvalue weighted by molar-refractivity contribution is 5.21. The maximum Gasteiger partial charge on any atom is 0.137 e. The molecule has 96 valence electrons. The van der Waals surface area contributed by atoms with Crippen molar-refractivity contribution in [2.45, 2.75) is 46.6 Å². The summed E-state index contributed by atoms with van der Waals surface area (Å²) < 4.78 is 5.65. The SMILES string of the molecule is CCC(N)c1ccc(OCCC(C)(C)C)cn1. The van der Waals surface area contributed by atoms with Gasteiger partial charge in [0.2, 0.25) is 0 Å². The van der Waals surface area contributed by atoms with E-state index in [0.717, 1.165) is 30.9 Å². The molecule has 0 amide bonds. The first kappa shape index (κ1) is 14.0. The zero-order valence-electron chi connectivity index (χ0n) is 11.4. The lowest BCUT2D eigenvalue weighted by Gasteiger charge is -2.18. The standard InChI is InChI=1S/C14H24N2O/c1-5-12(15)13-7-6-11(10-16-13)17-9-8-14(2,3)4/h6-7,10,12H,5,8-9,15H2,1-4H3. The first-order valence-electron chi connectivity index (χ1n) is 6.26. The van der Waals surface area contributed by atoms with Crippen molar-refractivity contribution in [2.75, 3.05) is 6.61 Å². The number of aromatic nitrogens is 1. The Morgan fingerprint density at radius 1 is 1.35 bits per heavy atom. The summed E-state index contributed by atoms with van der Waals surface area (Å²) in [5, 5.41) is 0. The van der Waals surface area contributed by atoms with Crippen LogP contribution in [0.1, 0.15) is 52.3 Å². The van der Waals surface area contributed by atoms with E-state index in [1.807, 2.05) is 12.1 Å². The van der Waals surface area contributed by atoms with Crippen molar-refractivity contribution in [3.05, 3.63) is 24.0 Å². The topological polar surface area (TPSA) is 48.1 Å². The lowest BCUT2D eigenvalue weighted by Crippen LogP contribution is -2.12. The van der Waals surface area contributed by atoms with E-state index in [2.05, 4.69) is 32.7 Å². The van der Waals surface area contributed by atoms with Gasteiger partial charge in [-0.15, -0.1) is 0 Å². The predicted octanol–water partition coefficient (Wildman–Crippen LogP) is 3.31. The minimum absolute atomic E-state index is 0.0265. The highest BCUT2D eigenvalue weighted by Gasteiger charge is 2.10. The van der Waals surface area contributed by atoms with Crippen LogP contribution in [0.3, 0.4) is 0 Å². The quantitative estimate of drug-likeness (QED) is 0.853. The maximum atomic E-state index is 5.90. The summed E-state index contributed by atoms with van der Waals surface area (Å²) >= 11 is 0. The molecule has 1 aromatic rings. The van der Waals surface area contributed by atoms with Gasteiger partial charge < -0.3 is 10.5 Å². The molecule has 0 spiro atoms. The second kappa shape index (κ2) is 6.01. The van der Waals surface area contributed by atoms with Crippen molar-refractivity contribution in [1.82, 2.24) is 4.98 Å². The van der Waals surface area contributed by atoms with Gasteiger partial charge in [0.05, 0.1) is 18.5 Å². The van der Waals surface area contributed by atoms with Crippen LogP contribution < -0.4 is 10.5 Å². The number of nitrogens with two attached hydrogens (primary N) is 1. The fraction of sp³-hybridized carbons (Fsp3) is 0.643. The third-order valence-corrected chi connectivity index (χ3v) is 2.70. The lowest BCUT2D eigenvalue weighted by molar-refractivity contribution is 0.242. The normalized spacial score (nSPS) is 13.5. The van der Waals surface area contributed by atoms with Crippen LogP contribution in [0.5, 0.6) is 5.75 Å². The molecule has 0 saturated heterocycles. The molecule has 0 fully saturated rings. The highest BCUT2D eigenvalue weighted by Crippen LogP contribution is 2.20. The molecule has 0 aromatic carbocycles. The van der Waals surface area contributed by atoms with Crippen molar-refractivity contribution in [3.8, 4) is 5.75 Å².